The summed E-state index contributed by atoms with van der Waals surface area (Å²) in [5.41, 5.74) is 5.09. The number of rotatable bonds is 2. The highest BCUT2D eigenvalue weighted by atomic mass is 79.9. The number of imidazole rings is 1. The molecule has 0 atom stereocenters. The van der Waals surface area contributed by atoms with Gasteiger partial charge in [-0.05, 0) is 65.2 Å². The summed E-state index contributed by atoms with van der Waals surface area (Å²) < 4.78 is 7.91. The summed E-state index contributed by atoms with van der Waals surface area (Å²) in [4.78, 5) is 4.31. The van der Waals surface area contributed by atoms with Gasteiger partial charge in [0.2, 0.25) is 0 Å². The van der Waals surface area contributed by atoms with Crippen LogP contribution in [0.15, 0.2) is 35.1 Å². The Morgan fingerprint density at radius 1 is 1.15 bits per heavy atom. The van der Waals surface area contributed by atoms with Crippen molar-refractivity contribution in [3.8, 4) is 17.0 Å². The Kier molecular flexibility index (Phi) is 3.22. The first-order valence-electron chi connectivity index (χ1n) is 6.26. The van der Waals surface area contributed by atoms with Crippen LogP contribution in [0, 0.1) is 13.8 Å². The monoisotopic (exact) mass is 331 g/mol. The average molecular weight is 332 g/mol. The van der Waals surface area contributed by atoms with Gasteiger partial charge in [-0.15, -0.1) is 0 Å². The van der Waals surface area contributed by atoms with Crippen LogP contribution < -0.4 is 4.74 Å². The Morgan fingerprint density at radius 3 is 2.70 bits per heavy atom. The highest BCUT2D eigenvalue weighted by molar-refractivity contribution is 9.10. The molecule has 0 N–H and O–H groups in total. The molecular formula is C15H14BrN3O. The zero-order valence-corrected chi connectivity index (χ0v) is 13.1. The van der Waals surface area contributed by atoms with Gasteiger partial charge in [0, 0.05) is 5.56 Å². The minimum absolute atomic E-state index is 0.782. The molecule has 0 unspecified atom stereocenters. The van der Waals surface area contributed by atoms with E-state index < -0.39 is 0 Å². The van der Waals surface area contributed by atoms with E-state index in [9.17, 15) is 0 Å². The van der Waals surface area contributed by atoms with Gasteiger partial charge in [-0.25, -0.2) is 9.50 Å². The van der Waals surface area contributed by atoms with E-state index in [1.807, 2.05) is 31.3 Å². The van der Waals surface area contributed by atoms with E-state index in [2.05, 4.69) is 39.0 Å². The van der Waals surface area contributed by atoms with E-state index in [0.717, 1.165) is 38.4 Å². The highest BCUT2D eigenvalue weighted by Crippen LogP contribution is 2.29. The van der Waals surface area contributed by atoms with Crippen molar-refractivity contribution in [2.75, 3.05) is 7.11 Å². The number of halogens is 1. The molecule has 2 heterocycles. The zero-order chi connectivity index (χ0) is 14.3. The van der Waals surface area contributed by atoms with Crippen LogP contribution in [0.4, 0.5) is 0 Å². The standard InChI is InChI=1S/C15H14BrN3O/c1-9-7-13(20-3)10(2)6-11(9)12-4-5-15-17-14(16)8-19(15)18-12/h4-8H,1-3H3. The summed E-state index contributed by atoms with van der Waals surface area (Å²) in [5.74, 6) is 0.901. The molecule has 102 valence electrons. The number of nitrogens with zero attached hydrogens (tertiary/aromatic N) is 3. The maximum atomic E-state index is 5.35. The third-order valence-corrected chi connectivity index (χ3v) is 3.69. The van der Waals surface area contributed by atoms with E-state index in [0.29, 0.717) is 0 Å². The Morgan fingerprint density at radius 2 is 1.95 bits per heavy atom. The van der Waals surface area contributed by atoms with Crippen molar-refractivity contribution in [3.05, 3.63) is 46.2 Å². The van der Waals surface area contributed by atoms with Crippen LogP contribution in [0.3, 0.4) is 0 Å². The Labute approximate surface area is 125 Å². The molecular weight excluding hydrogens is 318 g/mol. The quantitative estimate of drug-likeness (QED) is 0.717. The summed E-state index contributed by atoms with van der Waals surface area (Å²) in [6.07, 6.45) is 1.85. The fourth-order valence-electron chi connectivity index (χ4n) is 2.28. The van der Waals surface area contributed by atoms with Gasteiger partial charge in [0.15, 0.2) is 5.65 Å². The number of aryl methyl sites for hydroxylation is 2. The predicted molar refractivity (Wildman–Crippen MR) is 82.1 cm³/mol. The first kappa shape index (κ1) is 13.1. The topological polar surface area (TPSA) is 39.4 Å². The van der Waals surface area contributed by atoms with Crippen molar-refractivity contribution in [1.82, 2.24) is 14.6 Å². The zero-order valence-electron chi connectivity index (χ0n) is 11.5. The van der Waals surface area contributed by atoms with E-state index >= 15 is 0 Å². The van der Waals surface area contributed by atoms with Crippen LogP contribution in [0.5, 0.6) is 5.75 Å². The lowest BCUT2D eigenvalue weighted by Crippen LogP contribution is -1.96. The smallest absolute Gasteiger partial charge is 0.154 e. The average Bonchev–Trinajstić information content (AvgIpc) is 2.79. The second-order valence-corrected chi connectivity index (χ2v) is 5.53. The van der Waals surface area contributed by atoms with E-state index in [1.54, 1.807) is 11.6 Å². The molecule has 0 aliphatic rings. The summed E-state index contributed by atoms with van der Waals surface area (Å²) in [6.45, 7) is 4.10. The molecule has 0 aliphatic heterocycles. The fourth-order valence-corrected chi connectivity index (χ4v) is 2.66. The molecule has 0 radical (unpaired) electrons. The molecule has 3 aromatic rings. The number of aromatic nitrogens is 3. The normalized spacial score (nSPS) is 11.0. The lowest BCUT2D eigenvalue weighted by Gasteiger charge is -2.11. The molecule has 0 spiro atoms. The maximum Gasteiger partial charge on any atom is 0.154 e. The minimum Gasteiger partial charge on any atom is -0.496 e. The number of benzene rings is 1. The van der Waals surface area contributed by atoms with Crippen molar-refractivity contribution >= 4 is 21.6 Å². The Bertz CT molecular complexity index is 795. The Balaban J connectivity index is 2.17. The van der Waals surface area contributed by atoms with Crippen LogP contribution in [0.1, 0.15) is 11.1 Å². The summed E-state index contributed by atoms with van der Waals surface area (Å²) >= 11 is 3.36. The molecule has 5 heteroatoms. The van der Waals surface area contributed by atoms with Crippen LogP contribution >= 0.6 is 15.9 Å². The van der Waals surface area contributed by atoms with Crippen LogP contribution in [-0.4, -0.2) is 21.7 Å². The van der Waals surface area contributed by atoms with Gasteiger partial charge >= 0.3 is 0 Å². The van der Waals surface area contributed by atoms with Gasteiger partial charge < -0.3 is 4.74 Å². The number of fused-ring (bicyclic) bond motifs is 1. The van der Waals surface area contributed by atoms with Crippen molar-refractivity contribution in [2.45, 2.75) is 13.8 Å². The van der Waals surface area contributed by atoms with Crippen molar-refractivity contribution < 1.29 is 4.74 Å². The predicted octanol–water partition coefficient (Wildman–Crippen LogP) is 3.78. The molecule has 0 fully saturated rings. The van der Waals surface area contributed by atoms with Gasteiger partial charge in [0.05, 0.1) is 19.0 Å². The molecule has 4 nitrogen and oxygen atoms in total. The van der Waals surface area contributed by atoms with E-state index in [-0.39, 0.29) is 0 Å². The van der Waals surface area contributed by atoms with Gasteiger partial charge in [-0.2, -0.15) is 5.10 Å². The summed E-state index contributed by atoms with van der Waals surface area (Å²) in [6, 6.07) is 8.10. The van der Waals surface area contributed by atoms with Crippen molar-refractivity contribution in [1.29, 1.82) is 0 Å². The van der Waals surface area contributed by atoms with Crippen LogP contribution in [0.2, 0.25) is 0 Å². The largest absolute Gasteiger partial charge is 0.496 e. The van der Waals surface area contributed by atoms with Crippen molar-refractivity contribution in [2.24, 2.45) is 0 Å². The van der Waals surface area contributed by atoms with Crippen LogP contribution in [-0.2, 0) is 0 Å². The first-order valence-corrected chi connectivity index (χ1v) is 7.05. The lowest BCUT2D eigenvalue weighted by molar-refractivity contribution is 0.411. The molecule has 2 aromatic heterocycles. The van der Waals surface area contributed by atoms with Gasteiger partial charge in [-0.1, -0.05) is 0 Å². The van der Waals surface area contributed by atoms with Gasteiger partial charge in [-0.3, -0.25) is 0 Å². The molecule has 3 rings (SSSR count). The number of methoxy groups -OCH3 is 1. The minimum atomic E-state index is 0.782. The molecule has 1 aromatic carbocycles. The second-order valence-electron chi connectivity index (χ2n) is 4.72. The van der Waals surface area contributed by atoms with E-state index in [4.69, 9.17) is 4.74 Å². The summed E-state index contributed by atoms with van der Waals surface area (Å²) in [5, 5.41) is 4.61. The third kappa shape index (κ3) is 2.18. The molecule has 0 amide bonds. The molecule has 0 bridgehead atoms. The first-order chi connectivity index (χ1) is 9.58. The fraction of sp³-hybridized carbons (Fsp3) is 0.200. The molecule has 20 heavy (non-hydrogen) atoms. The van der Waals surface area contributed by atoms with Crippen LogP contribution in [0.25, 0.3) is 16.9 Å². The second kappa shape index (κ2) is 4.90. The van der Waals surface area contributed by atoms with E-state index in [1.165, 1.54) is 0 Å². The van der Waals surface area contributed by atoms with Gasteiger partial charge in [0.25, 0.3) is 0 Å². The molecule has 0 saturated heterocycles. The highest BCUT2D eigenvalue weighted by Gasteiger charge is 2.09. The maximum absolute atomic E-state index is 5.35. The molecule has 0 aliphatic carbocycles. The summed E-state index contributed by atoms with van der Waals surface area (Å²) in [7, 11) is 1.69. The number of hydrogen-bond acceptors (Lipinski definition) is 3. The lowest BCUT2D eigenvalue weighted by atomic mass is 10.0. The number of hydrogen-bond donors (Lipinski definition) is 0. The van der Waals surface area contributed by atoms with Crippen molar-refractivity contribution in [3.63, 3.8) is 0 Å². The third-order valence-electron chi connectivity index (χ3n) is 3.31. The Hall–Kier alpha value is -1.88. The molecule has 0 saturated carbocycles. The van der Waals surface area contributed by atoms with Gasteiger partial charge in [0.1, 0.15) is 10.4 Å². The number of ether oxygens (including phenoxy) is 1. The SMILES string of the molecule is COc1cc(C)c(-c2ccc3nc(Br)cn3n2)cc1C.